The molecule has 5 rings (SSSR count). The van der Waals surface area contributed by atoms with Crippen molar-refractivity contribution in [3.8, 4) is 5.75 Å². The lowest BCUT2D eigenvalue weighted by Crippen LogP contribution is -2.65. The number of hydrogen-bond acceptors (Lipinski definition) is 3. The van der Waals surface area contributed by atoms with E-state index in [0.717, 1.165) is 17.9 Å². The number of anilines is 1. The summed E-state index contributed by atoms with van der Waals surface area (Å²) in [6.45, 7) is 6.51. The number of piperidine rings is 1. The molecule has 1 aliphatic carbocycles. The number of carbonyl (C=O) groups is 1. The zero-order valence-corrected chi connectivity index (χ0v) is 16.3. The van der Waals surface area contributed by atoms with E-state index in [0.29, 0.717) is 17.5 Å². The Kier molecular flexibility index (Phi) is 3.50. The molecule has 1 aromatic rings. The number of hydrogen-bond donors (Lipinski definition) is 0. The normalized spacial score (nSPS) is 37.9. The molecule has 0 radical (unpaired) electrons. The van der Waals surface area contributed by atoms with Gasteiger partial charge in [0.2, 0.25) is 5.91 Å². The molecule has 1 amide bonds. The van der Waals surface area contributed by atoms with Crippen molar-refractivity contribution in [3.63, 3.8) is 0 Å². The van der Waals surface area contributed by atoms with E-state index in [9.17, 15) is 4.79 Å². The third kappa shape index (κ3) is 1.77. The molecule has 4 aliphatic rings. The first-order chi connectivity index (χ1) is 12.6. The van der Waals surface area contributed by atoms with E-state index >= 15 is 0 Å². The van der Waals surface area contributed by atoms with Gasteiger partial charge in [0.05, 0.1) is 12.8 Å². The maximum atomic E-state index is 12.8. The fourth-order valence-electron chi connectivity index (χ4n) is 7.37. The summed E-state index contributed by atoms with van der Waals surface area (Å²) in [7, 11) is 1.73. The van der Waals surface area contributed by atoms with Crippen LogP contribution in [0.2, 0.25) is 0 Å². The van der Waals surface area contributed by atoms with E-state index in [2.05, 4.69) is 28.9 Å². The summed E-state index contributed by atoms with van der Waals surface area (Å²) >= 11 is 0. The molecule has 26 heavy (non-hydrogen) atoms. The van der Waals surface area contributed by atoms with Crippen molar-refractivity contribution in [2.24, 2.45) is 5.41 Å². The van der Waals surface area contributed by atoms with Crippen LogP contribution in [-0.4, -0.2) is 43.1 Å². The average molecular weight is 354 g/mol. The van der Waals surface area contributed by atoms with Crippen LogP contribution in [0.5, 0.6) is 5.75 Å². The lowest BCUT2D eigenvalue weighted by molar-refractivity contribution is -0.118. The minimum Gasteiger partial charge on any atom is -0.495 e. The third-order valence-corrected chi connectivity index (χ3v) is 8.19. The monoisotopic (exact) mass is 354 g/mol. The lowest BCUT2D eigenvalue weighted by atomic mass is 9.52. The molecule has 4 nitrogen and oxygen atoms in total. The number of ether oxygens (including phenoxy) is 1. The first-order valence-corrected chi connectivity index (χ1v) is 10.3. The molecule has 0 unspecified atom stereocenters. The van der Waals surface area contributed by atoms with Gasteiger partial charge in [-0.25, -0.2) is 0 Å². The Morgan fingerprint density at radius 3 is 2.85 bits per heavy atom. The lowest BCUT2D eigenvalue weighted by Gasteiger charge is -2.58. The van der Waals surface area contributed by atoms with Gasteiger partial charge in [0, 0.05) is 24.4 Å². The van der Waals surface area contributed by atoms with E-state index in [1.807, 2.05) is 6.07 Å². The predicted octanol–water partition coefficient (Wildman–Crippen LogP) is 3.73. The number of benzene rings is 1. The number of fused-ring (bicyclic) bond motifs is 1. The molecule has 4 heteroatoms. The molecule has 3 heterocycles. The Bertz CT molecular complexity index is 763. The predicted molar refractivity (Wildman–Crippen MR) is 103 cm³/mol. The van der Waals surface area contributed by atoms with Gasteiger partial charge in [0.1, 0.15) is 5.75 Å². The standard InChI is InChI=1S/C22H30N2O2/c1-4-21-10-6-13-23-14-12-22(20(21)23)16-7-5-8-17(26-3)19(16)24(15(2)25)18(22)9-11-21/h5,7-8,18,20H,4,6,9-14H2,1-3H3/t18-,20-,21-,22-/m0/s1. The molecule has 0 aromatic heterocycles. The van der Waals surface area contributed by atoms with E-state index in [1.54, 1.807) is 14.0 Å². The fourth-order valence-corrected chi connectivity index (χ4v) is 7.37. The van der Waals surface area contributed by atoms with Crippen molar-refractivity contribution in [1.29, 1.82) is 0 Å². The molecule has 1 aromatic carbocycles. The minimum absolute atomic E-state index is 0.0875. The van der Waals surface area contributed by atoms with E-state index < -0.39 is 0 Å². The molecule has 0 N–H and O–H groups in total. The largest absolute Gasteiger partial charge is 0.495 e. The Morgan fingerprint density at radius 1 is 1.27 bits per heavy atom. The van der Waals surface area contributed by atoms with Crippen molar-refractivity contribution < 1.29 is 9.53 Å². The molecule has 0 bridgehead atoms. The van der Waals surface area contributed by atoms with Crippen molar-refractivity contribution >= 4 is 11.6 Å². The Morgan fingerprint density at radius 2 is 2.12 bits per heavy atom. The van der Waals surface area contributed by atoms with Crippen LogP contribution in [0.3, 0.4) is 0 Å². The molecular formula is C22H30N2O2. The van der Waals surface area contributed by atoms with Crippen LogP contribution in [0.25, 0.3) is 0 Å². The molecule has 2 saturated heterocycles. The summed E-state index contributed by atoms with van der Waals surface area (Å²) in [4.78, 5) is 17.6. The summed E-state index contributed by atoms with van der Waals surface area (Å²) in [6.07, 6.45) is 7.47. The molecule has 140 valence electrons. The molecule has 3 aliphatic heterocycles. The molecule has 3 fully saturated rings. The second-order valence-electron chi connectivity index (χ2n) is 8.85. The van der Waals surface area contributed by atoms with Crippen molar-refractivity contribution in [3.05, 3.63) is 23.8 Å². The van der Waals surface area contributed by atoms with Crippen LogP contribution in [0.4, 0.5) is 5.69 Å². The van der Waals surface area contributed by atoms with Gasteiger partial charge in [-0.05, 0) is 68.7 Å². The Labute approximate surface area is 156 Å². The molecule has 1 saturated carbocycles. The van der Waals surface area contributed by atoms with Crippen LogP contribution < -0.4 is 9.64 Å². The number of amides is 1. The van der Waals surface area contributed by atoms with Crippen LogP contribution in [0.1, 0.15) is 57.9 Å². The molecule has 4 atom stereocenters. The van der Waals surface area contributed by atoms with Gasteiger partial charge in [-0.1, -0.05) is 19.1 Å². The van der Waals surface area contributed by atoms with E-state index in [4.69, 9.17) is 4.74 Å². The summed E-state index contributed by atoms with van der Waals surface area (Å²) in [5.74, 6) is 1.02. The first kappa shape index (κ1) is 16.6. The number of methoxy groups -OCH3 is 1. The average Bonchev–Trinajstić information content (AvgIpc) is 3.19. The van der Waals surface area contributed by atoms with Crippen LogP contribution in [0.15, 0.2) is 18.2 Å². The minimum atomic E-state index is 0.0875. The highest BCUT2D eigenvalue weighted by molar-refractivity contribution is 5.98. The third-order valence-electron chi connectivity index (χ3n) is 8.19. The second kappa shape index (κ2) is 5.48. The highest BCUT2D eigenvalue weighted by atomic mass is 16.5. The van der Waals surface area contributed by atoms with Gasteiger partial charge in [-0.15, -0.1) is 0 Å². The summed E-state index contributed by atoms with van der Waals surface area (Å²) in [6, 6.07) is 7.30. The van der Waals surface area contributed by atoms with Crippen molar-refractivity contribution in [2.75, 3.05) is 25.1 Å². The van der Waals surface area contributed by atoms with Gasteiger partial charge in [-0.2, -0.15) is 0 Å². The topological polar surface area (TPSA) is 32.8 Å². The van der Waals surface area contributed by atoms with Crippen LogP contribution >= 0.6 is 0 Å². The highest BCUT2D eigenvalue weighted by Crippen LogP contribution is 2.66. The first-order valence-electron chi connectivity index (χ1n) is 10.3. The quantitative estimate of drug-likeness (QED) is 0.811. The van der Waals surface area contributed by atoms with Crippen molar-refractivity contribution in [2.45, 2.75) is 69.9 Å². The molecular weight excluding hydrogens is 324 g/mol. The number of rotatable bonds is 2. The SMILES string of the molecule is CC[C@]12CCCN3CC[C@@]4(c5cccc(OC)c5N(C(C)=O)[C@H]4CC1)[C@@H]32. The van der Waals surface area contributed by atoms with Gasteiger partial charge >= 0.3 is 0 Å². The second-order valence-corrected chi connectivity index (χ2v) is 8.85. The number of carbonyl (C=O) groups excluding carboxylic acids is 1. The zero-order valence-electron chi connectivity index (χ0n) is 16.3. The fraction of sp³-hybridized carbons (Fsp3) is 0.682. The maximum absolute atomic E-state index is 12.8. The van der Waals surface area contributed by atoms with Gasteiger partial charge in [0.25, 0.3) is 0 Å². The van der Waals surface area contributed by atoms with E-state index in [1.165, 1.54) is 50.8 Å². The van der Waals surface area contributed by atoms with E-state index in [-0.39, 0.29) is 11.3 Å². The van der Waals surface area contributed by atoms with Crippen LogP contribution in [0, 0.1) is 5.41 Å². The Balaban J connectivity index is 1.77. The number of para-hydroxylation sites is 1. The maximum Gasteiger partial charge on any atom is 0.224 e. The van der Waals surface area contributed by atoms with Crippen molar-refractivity contribution in [1.82, 2.24) is 4.90 Å². The summed E-state index contributed by atoms with van der Waals surface area (Å²) in [5, 5.41) is 0. The summed E-state index contributed by atoms with van der Waals surface area (Å²) < 4.78 is 5.73. The highest BCUT2D eigenvalue weighted by Gasteiger charge is 2.68. The van der Waals surface area contributed by atoms with Gasteiger partial charge in [0.15, 0.2) is 0 Å². The Hall–Kier alpha value is -1.55. The number of nitrogens with zero attached hydrogens (tertiary/aromatic N) is 2. The molecule has 1 spiro atoms. The van der Waals surface area contributed by atoms with Gasteiger partial charge in [-0.3, -0.25) is 9.69 Å². The zero-order chi connectivity index (χ0) is 18.1. The van der Waals surface area contributed by atoms with Gasteiger partial charge < -0.3 is 9.64 Å². The smallest absolute Gasteiger partial charge is 0.224 e. The van der Waals surface area contributed by atoms with Crippen LogP contribution in [-0.2, 0) is 10.2 Å². The summed E-state index contributed by atoms with van der Waals surface area (Å²) in [5.41, 5.74) is 2.94.